The van der Waals surface area contributed by atoms with E-state index < -0.39 is 0 Å². The molecule has 0 spiro atoms. The van der Waals surface area contributed by atoms with E-state index in [4.69, 9.17) is 0 Å². The van der Waals surface area contributed by atoms with Crippen molar-refractivity contribution in [3.63, 3.8) is 0 Å². The highest BCUT2D eigenvalue weighted by atomic mass is 79.9. The molecule has 1 nitrogen and oxygen atoms in total. The minimum absolute atomic E-state index is 0.172. The summed E-state index contributed by atoms with van der Waals surface area (Å²) >= 11 is 5.30. The van der Waals surface area contributed by atoms with E-state index in [0.717, 1.165) is 22.3 Å². The van der Waals surface area contributed by atoms with Crippen LogP contribution >= 0.6 is 27.7 Å². The van der Waals surface area contributed by atoms with Crippen LogP contribution in [0, 0.1) is 11.7 Å². The largest absolute Gasteiger partial charge is 0.301 e. The number of hydrogen-bond donors (Lipinski definition) is 1. The molecule has 1 N–H and O–H groups in total. The van der Waals surface area contributed by atoms with Crippen LogP contribution in [0.15, 0.2) is 22.7 Å². The second-order valence-electron chi connectivity index (χ2n) is 3.89. The Hall–Kier alpha value is -0.0600. The molecule has 1 aromatic carbocycles. The molecule has 0 radical (unpaired) electrons. The highest BCUT2D eigenvalue weighted by Gasteiger charge is 2.21. The summed E-state index contributed by atoms with van der Waals surface area (Å²) in [6, 6.07) is 4.85. The second kappa shape index (κ2) is 4.85. The van der Waals surface area contributed by atoms with Gasteiger partial charge in [0, 0.05) is 4.47 Å². The van der Waals surface area contributed by atoms with E-state index in [1.54, 1.807) is 12.1 Å². The van der Waals surface area contributed by atoms with Crippen LogP contribution in [0.5, 0.6) is 0 Å². The number of rotatable bonds is 1. The summed E-state index contributed by atoms with van der Waals surface area (Å²) in [4.78, 5) is 0. The Kier molecular flexibility index (Phi) is 3.69. The predicted molar refractivity (Wildman–Crippen MR) is 66.5 cm³/mol. The van der Waals surface area contributed by atoms with Crippen LogP contribution < -0.4 is 5.32 Å². The quantitative estimate of drug-likeness (QED) is 0.848. The fourth-order valence-corrected chi connectivity index (χ4v) is 3.46. The molecule has 2 atom stereocenters. The third-order valence-corrected chi connectivity index (χ3v) is 4.68. The standard InChI is InChI=1S/C11H13BrFNS/c1-7-5-14-11(15-6-7)9-4-8(13)2-3-10(9)12/h2-4,7,11,14H,5-6H2,1H3. The Morgan fingerprint density at radius 2 is 2.33 bits per heavy atom. The first-order valence-electron chi connectivity index (χ1n) is 4.97. The smallest absolute Gasteiger partial charge is 0.123 e. The zero-order valence-electron chi connectivity index (χ0n) is 8.47. The van der Waals surface area contributed by atoms with Crippen molar-refractivity contribution in [2.45, 2.75) is 12.3 Å². The molecule has 4 heteroatoms. The van der Waals surface area contributed by atoms with Crippen LogP contribution in [-0.4, -0.2) is 12.3 Å². The summed E-state index contributed by atoms with van der Waals surface area (Å²) in [5.41, 5.74) is 1.01. The minimum Gasteiger partial charge on any atom is -0.301 e. The third kappa shape index (κ3) is 2.74. The maximum atomic E-state index is 13.1. The number of hydrogen-bond acceptors (Lipinski definition) is 2. The van der Waals surface area contributed by atoms with Crippen molar-refractivity contribution in [2.75, 3.05) is 12.3 Å². The molecule has 1 aliphatic heterocycles. The van der Waals surface area contributed by atoms with Crippen LogP contribution in [0.1, 0.15) is 17.9 Å². The maximum Gasteiger partial charge on any atom is 0.123 e. The Morgan fingerprint density at radius 3 is 3.00 bits per heavy atom. The van der Waals surface area contributed by atoms with E-state index in [-0.39, 0.29) is 11.2 Å². The van der Waals surface area contributed by atoms with E-state index >= 15 is 0 Å². The summed E-state index contributed by atoms with van der Waals surface area (Å²) < 4.78 is 14.1. The predicted octanol–water partition coefficient (Wildman–Crippen LogP) is 3.56. The summed E-state index contributed by atoms with van der Waals surface area (Å²) in [5.74, 6) is 1.65. The molecule has 15 heavy (non-hydrogen) atoms. The lowest BCUT2D eigenvalue weighted by atomic mass is 10.2. The van der Waals surface area contributed by atoms with Gasteiger partial charge in [-0.05, 0) is 42.0 Å². The Morgan fingerprint density at radius 1 is 1.53 bits per heavy atom. The summed E-state index contributed by atoms with van der Waals surface area (Å²) in [7, 11) is 0. The fourth-order valence-electron chi connectivity index (χ4n) is 1.60. The molecule has 1 aliphatic rings. The number of nitrogens with one attached hydrogen (secondary N) is 1. The average Bonchev–Trinajstić information content (AvgIpc) is 2.23. The van der Waals surface area contributed by atoms with E-state index in [0.29, 0.717) is 5.92 Å². The molecule has 2 rings (SSSR count). The van der Waals surface area contributed by atoms with E-state index in [2.05, 4.69) is 28.2 Å². The molecule has 1 aromatic rings. The molecular weight excluding hydrogens is 277 g/mol. The first-order valence-corrected chi connectivity index (χ1v) is 6.81. The van der Waals surface area contributed by atoms with Crippen LogP contribution in [0.25, 0.3) is 0 Å². The van der Waals surface area contributed by atoms with Crippen LogP contribution in [0.3, 0.4) is 0 Å². The number of thioether (sulfide) groups is 1. The van der Waals surface area contributed by atoms with Crippen molar-refractivity contribution in [3.8, 4) is 0 Å². The monoisotopic (exact) mass is 289 g/mol. The van der Waals surface area contributed by atoms with Crippen molar-refractivity contribution < 1.29 is 4.39 Å². The van der Waals surface area contributed by atoms with Gasteiger partial charge in [-0.2, -0.15) is 0 Å². The molecule has 1 fully saturated rings. The van der Waals surface area contributed by atoms with Gasteiger partial charge in [0.2, 0.25) is 0 Å². The second-order valence-corrected chi connectivity index (χ2v) is 5.89. The Bertz CT molecular complexity index is 350. The van der Waals surface area contributed by atoms with Crippen LogP contribution in [0.4, 0.5) is 4.39 Å². The molecule has 2 unspecified atom stereocenters. The van der Waals surface area contributed by atoms with Crippen LogP contribution in [-0.2, 0) is 0 Å². The normalized spacial score (nSPS) is 26.6. The third-order valence-electron chi connectivity index (χ3n) is 2.44. The van der Waals surface area contributed by atoms with Gasteiger partial charge in [-0.15, -0.1) is 11.8 Å². The van der Waals surface area contributed by atoms with E-state index in [1.807, 2.05) is 11.8 Å². The minimum atomic E-state index is -0.172. The van der Waals surface area contributed by atoms with Gasteiger partial charge < -0.3 is 5.32 Å². The van der Waals surface area contributed by atoms with Gasteiger partial charge in [-0.1, -0.05) is 22.9 Å². The van der Waals surface area contributed by atoms with Gasteiger partial charge in [0.1, 0.15) is 5.82 Å². The van der Waals surface area contributed by atoms with E-state index in [9.17, 15) is 4.39 Å². The van der Waals surface area contributed by atoms with Crippen molar-refractivity contribution >= 4 is 27.7 Å². The van der Waals surface area contributed by atoms with Gasteiger partial charge in [0.05, 0.1) is 5.37 Å². The van der Waals surface area contributed by atoms with Crippen molar-refractivity contribution in [3.05, 3.63) is 34.1 Å². The number of halogens is 2. The SMILES string of the molecule is CC1CNC(c2cc(F)ccc2Br)SC1. The zero-order chi connectivity index (χ0) is 10.8. The lowest BCUT2D eigenvalue weighted by molar-refractivity contribution is 0.527. The molecule has 0 bridgehead atoms. The Labute approximate surface area is 102 Å². The highest BCUT2D eigenvalue weighted by molar-refractivity contribution is 9.10. The van der Waals surface area contributed by atoms with Crippen molar-refractivity contribution in [1.82, 2.24) is 5.32 Å². The number of benzene rings is 1. The van der Waals surface area contributed by atoms with Crippen LogP contribution in [0.2, 0.25) is 0 Å². The first kappa shape index (κ1) is 11.4. The topological polar surface area (TPSA) is 12.0 Å². The van der Waals surface area contributed by atoms with Gasteiger partial charge in [0.15, 0.2) is 0 Å². The Balaban J connectivity index is 2.18. The molecule has 0 aliphatic carbocycles. The zero-order valence-corrected chi connectivity index (χ0v) is 10.9. The molecule has 0 amide bonds. The lowest BCUT2D eigenvalue weighted by Gasteiger charge is -2.28. The average molecular weight is 290 g/mol. The van der Waals surface area contributed by atoms with Gasteiger partial charge in [-0.3, -0.25) is 0 Å². The van der Waals surface area contributed by atoms with Gasteiger partial charge in [0.25, 0.3) is 0 Å². The molecule has 82 valence electrons. The van der Waals surface area contributed by atoms with Crippen molar-refractivity contribution in [1.29, 1.82) is 0 Å². The van der Waals surface area contributed by atoms with E-state index in [1.165, 1.54) is 6.07 Å². The molecular formula is C11H13BrFNS. The molecule has 1 heterocycles. The maximum absolute atomic E-state index is 13.1. The summed E-state index contributed by atoms with van der Waals surface area (Å²) in [6.45, 7) is 3.22. The highest BCUT2D eigenvalue weighted by Crippen LogP contribution is 2.35. The molecule has 0 saturated carbocycles. The molecule has 0 aromatic heterocycles. The first-order chi connectivity index (χ1) is 7.16. The summed E-state index contributed by atoms with van der Waals surface area (Å²) in [5, 5.41) is 3.63. The fraction of sp³-hybridized carbons (Fsp3) is 0.455. The van der Waals surface area contributed by atoms with Crippen molar-refractivity contribution in [2.24, 2.45) is 5.92 Å². The molecule has 1 saturated heterocycles. The lowest BCUT2D eigenvalue weighted by Crippen LogP contribution is -2.31. The van der Waals surface area contributed by atoms with Gasteiger partial charge >= 0.3 is 0 Å². The summed E-state index contributed by atoms with van der Waals surface area (Å²) in [6.07, 6.45) is 0. The van der Waals surface area contributed by atoms with Gasteiger partial charge in [-0.25, -0.2) is 4.39 Å².